The molecule has 1 saturated heterocycles. The molecule has 0 aliphatic carbocycles. The maximum absolute atomic E-state index is 13.1. The van der Waals surface area contributed by atoms with Crippen LogP contribution in [-0.2, 0) is 12.4 Å². The Morgan fingerprint density at radius 1 is 0.765 bits per heavy atom. The molecule has 178 valence electrons. The van der Waals surface area contributed by atoms with Crippen molar-refractivity contribution in [2.75, 3.05) is 31.1 Å². The monoisotopic (exact) mass is 480 g/mol. The van der Waals surface area contributed by atoms with Gasteiger partial charge in [-0.2, -0.15) is 26.3 Å². The highest BCUT2D eigenvalue weighted by Crippen LogP contribution is 2.36. The Morgan fingerprint density at radius 2 is 1.35 bits per heavy atom. The summed E-state index contributed by atoms with van der Waals surface area (Å²) in [5.41, 5.74) is -2.08. The Hall–Kier alpha value is -3.63. The van der Waals surface area contributed by atoms with Gasteiger partial charge in [0.15, 0.2) is 0 Å². The topological polar surface area (TPSA) is 49.3 Å². The highest BCUT2D eigenvalue weighted by atomic mass is 19.4. The molecule has 0 spiro atoms. The van der Waals surface area contributed by atoms with E-state index >= 15 is 0 Å². The van der Waals surface area contributed by atoms with E-state index in [9.17, 15) is 31.1 Å². The Labute approximate surface area is 190 Å². The summed E-state index contributed by atoms with van der Waals surface area (Å²) in [5.74, 6) is -0.275. The van der Waals surface area contributed by atoms with Crippen molar-refractivity contribution in [3.05, 3.63) is 77.6 Å². The van der Waals surface area contributed by atoms with Crippen LogP contribution in [0.4, 0.5) is 32.2 Å². The van der Waals surface area contributed by atoms with Crippen LogP contribution in [0, 0.1) is 0 Å². The minimum atomic E-state index is -5.02. The van der Waals surface area contributed by atoms with E-state index < -0.39 is 35.0 Å². The predicted octanol–water partition coefficient (Wildman–Crippen LogP) is 5.14. The average Bonchev–Trinajstić information content (AvgIpc) is 2.83. The number of nitrogens with zero attached hydrogens (tertiary/aromatic N) is 4. The van der Waals surface area contributed by atoms with E-state index in [0.29, 0.717) is 36.7 Å². The first-order chi connectivity index (χ1) is 16.0. The lowest BCUT2D eigenvalue weighted by Crippen LogP contribution is -2.49. The number of carbonyl (C=O) groups excluding carboxylic acids is 1. The van der Waals surface area contributed by atoms with Crippen molar-refractivity contribution >= 4 is 11.7 Å². The lowest BCUT2D eigenvalue weighted by Gasteiger charge is -2.35. The molecule has 4 rings (SSSR count). The fourth-order valence-corrected chi connectivity index (χ4v) is 3.69. The highest BCUT2D eigenvalue weighted by molar-refractivity contribution is 5.95. The van der Waals surface area contributed by atoms with Gasteiger partial charge < -0.3 is 9.80 Å². The van der Waals surface area contributed by atoms with Crippen molar-refractivity contribution < 1.29 is 31.1 Å². The molecule has 0 N–H and O–H groups in total. The van der Waals surface area contributed by atoms with Gasteiger partial charge in [-0.15, -0.1) is 0 Å². The molecule has 0 radical (unpaired) electrons. The van der Waals surface area contributed by atoms with Gasteiger partial charge in [0.1, 0.15) is 12.1 Å². The molecule has 1 fully saturated rings. The molecule has 1 aliphatic rings. The molecule has 1 amide bonds. The summed E-state index contributed by atoms with van der Waals surface area (Å²) in [5, 5.41) is 0. The summed E-state index contributed by atoms with van der Waals surface area (Å²) in [6, 6.07) is 12.1. The Balaban J connectivity index is 1.50. The maximum Gasteiger partial charge on any atom is 0.416 e. The van der Waals surface area contributed by atoms with Gasteiger partial charge in [-0.3, -0.25) is 4.79 Å². The normalized spacial score (nSPS) is 14.9. The van der Waals surface area contributed by atoms with Gasteiger partial charge in [-0.05, 0) is 18.2 Å². The minimum Gasteiger partial charge on any atom is -0.353 e. The second-order valence-electron chi connectivity index (χ2n) is 7.70. The SMILES string of the molecule is O=C(c1cc(C(F)(F)F)cc(C(F)(F)F)c1)N1CCN(c2cc(-c3ccccc3)ncn2)CC1. The maximum atomic E-state index is 13.1. The summed E-state index contributed by atoms with van der Waals surface area (Å²) in [4.78, 5) is 24.4. The molecule has 0 atom stereocenters. The van der Waals surface area contributed by atoms with Crippen molar-refractivity contribution in [3.63, 3.8) is 0 Å². The Morgan fingerprint density at radius 3 is 1.91 bits per heavy atom. The van der Waals surface area contributed by atoms with Crippen LogP contribution in [0.5, 0.6) is 0 Å². The van der Waals surface area contributed by atoms with Gasteiger partial charge in [0.2, 0.25) is 0 Å². The zero-order valence-electron chi connectivity index (χ0n) is 17.6. The van der Waals surface area contributed by atoms with Crippen molar-refractivity contribution in [1.82, 2.24) is 14.9 Å². The number of anilines is 1. The van der Waals surface area contributed by atoms with E-state index in [0.717, 1.165) is 5.56 Å². The number of hydrogen-bond acceptors (Lipinski definition) is 4. The number of alkyl halides is 6. The lowest BCUT2D eigenvalue weighted by molar-refractivity contribution is -0.143. The van der Waals surface area contributed by atoms with Crippen LogP contribution in [0.15, 0.2) is 60.9 Å². The quantitative estimate of drug-likeness (QED) is 0.487. The van der Waals surface area contributed by atoms with Crippen LogP contribution >= 0.6 is 0 Å². The summed E-state index contributed by atoms with van der Waals surface area (Å²) < 4.78 is 78.7. The molecule has 3 aromatic rings. The zero-order valence-corrected chi connectivity index (χ0v) is 17.6. The fourth-order valence-electron chi connectivity index (χ4n) is 3.69. The fraction of sp³-hybridized carbons (Fsp3) is 0.261. The van der Waals surface area contributed by atoms with Gasteiger partial charge in [-0.1, -0.05) is 30.3 Å². The number of hydrogen-bond donors (Lipinski definition) is 0. The number of carbonyl (C=O) groups is 1. The van der Waals surface area contributed by atoms with E-state index in [1.165, 1.54) is 11.2 Å². The summed E-state index contributed by atoms with van der Waals surface area (Å²) in [6.07, 6.45) is -8.62. The van der Waals surface area contributed by atoms with Crippen molar-refractivity contribution in [1.29, 1.82) is 0 Å². The van der Waals surface area contributed by atoms with E-state index in [1.807, 2.05) is 35.2 Å². The van der Waals surface area contributed by atoms with Crippen LogP contribution in [0.25, 0.3) is 11.3 Å². The Kier molecular flexibility index (Phi) is 6.20. The van der Waals surface area contributed by atoms with E-state index in [2.05, 4.69) is 9.97 Å². The Bertz CT molecular complexity index is 1140. The van der Waals surface area contributed by atoms with Crippen LogP contribution in [0.2, 0.25) is 0 Å². The molecule has 1 aromatic heterocycles. The third-order valence-corrected chi connectivity index (χ3v) is 5.45. The van der Waals surface area contributed by atoms with E-state index in [4.69, 9.17) is 0 Å². The molecule has 0 bridgehead atoms. The van der Waals surface area contributed by atoms with Crippen LogP contribution in [0.3, 0.4) is 0 Å². The molecular weight excluding hydrogens is 462 g/mol. The van der Waals surface area contributed by atoms with Crippen molar-refractivity contribution in [3.8, 4) is 11.3 Å². The number of amides is 1. The van der Waals surface area contributed by atoms with E-state index in [1.54, 1.807) is 6.07 Å². The molecule has 2 heterocycles. The number of aromatic nitrogens is 2. The lowest BCUT2D eigenvalue weighted by atomic mass is 10.0. The first-order valence-electron chi connectivity index (χ1n) is 10.2. The third-order valence-electron chi connectivity index (χ3n) is 5.45. The predicted molar refractivity (Wildman–Crippen MR) is 112 cm³/mol. The van der Waals surface area contributed by atoms with Crippen molar-refractivity contribution in [2.24, 2.45) is 0 Å². The minimum absolute atomic E-state index is 0.00808. The standard InChI is InChI=1S/C23H18F6N4O/c24-22(25,26)17-10-16(11-18(12-17)23(27,28)29)21(34)33-8-6-32(7-9-33)20-13-19(30-14-31-20)15-4-2-1-3-5-15/h1-5,10-14H,6-9H2. The number of rotatable bonds is 3. The first-order valence-corrected chi connectivity index (χ1v) is 10.2. The van der Waals surface area contributed by atoms with Gasteiger partial charge in [0.05, 0.1) is 16.8 Å². The molecule has 11 heteroatoms. The molecule has 5 nitrogen and oxygen atoms in total. The van der Waals surface area contributed by atoms with Gasteiger partial charge >= 0.3 is 12.4 Å². The molecule has 0 unspecified atom stereocenters. The molecule has 0 saturated carbocycles. The molecule has 2 aromatic carbocycles. The van der Waals surface area contributed by atoms with Gasteiger partial charge in [-0.25, -0.2) is 9.97 Å². The zero-order chi connectivity index (χ0) is 24.5. The largest absolute Gasteiger partial charge is 0.416 e. The first kappa shape index (κ1) is 23.5. The van der Waals surface area contributed by atoms with Gasteiger partial charge in [0.25, 0.3) is 5.91 Å². The summed E-state index contributed by atoms with van der Waals surface area (Å²) >= 11 is 0. The van der Waals surface area contributed by atoms with Crippen LogP contribution in [0.1, 0.15) is 21.5 Å². The van der Waals surface area contributed by atoms with Crippen LogP contribution < -0.4 is 4.90 Å². The third kappa shape index (κ3) is 5.13. The molecular formula is C23H18F6N4O. The summed E-state index contributed by atoms with van der Waals surface area (Å²) in [6.45, 7) is 0.840. The molecule has 1 aliphatic heterocycles. The molecule has 34 heavy (non-hydrogen) atoms. The smallest absolute Gasteiger partial charge is 0.353 e. The second-order valence-corrected chi connectivity index (χ2v) is 7.70. The van der Waals surface area contributed by atoms with Crippen LogP contribution in [-0.4, -0.2) is 47.0 Å². The van der Waals surface area contributed by atoms with E-state index in [-0.39, 0.29) is 19.2 Å². The second kappa shape index (κ2) is 8.96. The number of halogens is 6. The highest BCUT2D eigenvalue weighted by Gasteiger charge is 2.38. The average molecular weight is 480 g/mol. The summed E-state index contributed by atoms with van der Waals surface area (Å²) in [7, 11) is 0. The number of benzene rings is 2. The number of piperazine rings is 1. The van der Waals surface area contributed by atoms with Gasteiger partial charge in [0, 0.05) is 43.4 Å². The van der Waals surface area contributed by atoms with Crippen molar-refractivity contribution in [2.45, 2.75) is 12.4 Å².